The van der Waals surface area contributed by atoms with E-state index in [1.165, 1.54) is 18.4 Å². The van der Waals surface area contributed by atoms with E-state index < -0.39 is 0 Å². The maximum absolute atomic E-state index is 4.54. The Bertz CT molecular complexity index is 802. The topological polar surface area (TPSA) is 37.8 Å². The van der Waals surface area contributed by atoms with Crippen LogP contribution in [0.3, 0.4) is 0 Å². The number of nitrogens with zero attached hydrogens (tertiary/aromatic N) is 2. The maximum Gasteiger partial charge on any atom is 0.161 e. The Hall–Kier alpha value is -2.42. The lowest BCUT2D eigenvalue weighted by molar-refractivity contribution is 0.795. The molecule has 0 bridgehead atoms. The van der Waals surface area contributed by atoms with Crippen LogP contribution in [-0.4, -0.2) is 9.97 Å². The summed E-state index contributed by atoms with van der Waals surface area (Å²) in [5.41, 5.74) is 6.30. The van der Waals surface area contributed by atoms with Crippen molar-refractivity contribution in [2.75, 3.05) is 5.32 Å². The predicted octanol–water partition coefficient (Wildman–Crippen LogP) is 5.33. The second-order valence-electron chi connectivity index (χ2n) is 6.06. The SMILES string of the molecule is CCCCc1ccc(Nc2cc(C)nc3nc(C)ccc23)cc1. The molecule has 2 heterocycles. The molecule has 0 radical (unpaired) electrons. The van der Waals surface area contributed by atoms with Crippen molar-refractivity contribution in [3.8, 4) is 0 Å². The van der Waals surface area contributed by atoms with E-state index in [0.29, 0.717) is 0 Å². The molecule has 0 aliphatic rings. The first kappa shape index (κ1) is 15.5. The van der Waals surface area contributed by atoms with Crippen molar-refractivity contribution in [1.29, 1.82) is 0 Å². The molecular weight excluding hydrogens is 282 g/mol. The van der Waals surface area contributed by atoms with Gasteiger partial charge in [0.1, 0.15) is 0 Å². The Morgan fingerprint density at radius 1 is 0.913 bits per heavy atom. The maximum atomic E-state index is 4.54. The number of anilines is 2. The highest BCUT2D eigenvalue weighted by Gasteiger charge is 2.06. The van der Waals surface area contributed by atoms with Gasteiger partial charge in [0.15, 0.2) is 5.65 Å². The minimum Gasteiger partial charge on any atom is -0.355 e. The Kier molecular flexibility index (Phi) is 4.56. The van der Waals surface area contributed by atoms with Crippen LogP contribution in [0.25, 0.3) is 11.0 Å². The smallest absolute Gasteiger partial charge is 0.161 e. The Balaban J connectivity index is 1.89. The summed E-state index contributed by atoms with van der Waals surface area (Å²) in [7, 11) is 0. The van der Waals surface area contributed by atoms with Gasteiger partial charge in [0.2, 0.25) is 0 Å². The van der Waals surface area contributed by atoms with Crippen molar-refractivity contribution in [3.63, 3.8) is 0 Å². The fraction of sp³-hybridized carbons (Fsp3) is 0.300. The van der Waals surface area contributed by atoms with Gasteiger partial charge >= 0.3 is 0 Å². The van der Waals surface area contributed by atoms with Crippen LogP contribution in [0.4, 0.5) is 11.4 Å². The minimum atomic E-state index is 0.798. The lowest BCUT2D eigenvalue weighted by Gasteiger charge is -2.11. The van der Waals surface area contributed by atoms with E-state index in [1.54, 1.807) is 0 Å². The van der Waals surface area contributed by atoms with Gasteiger partial charge in [-0.2, -0.15) is 0 Å². The van der Waals surface area contributed by atoms with E-state index in [0.717, 1.165) is 40.2 Å². The van der Waals surface area contributed by atoms with Crippen molar-refractivity contribution in [1.82, 2.24) is 9.97 Å². The average Bonchev–Trinajstić information content (AvgIpc) is 2.53. The van der Waals surface area contributed by atoms with Gasteiger partial charge in [0, 0.05) is 22.5 Å². The molecule has 0 amide bonds. The lowest BCUT2D eigenvalue weighted by atomic mass is 10.1. The molecule has 2 aromatic heterocycles. The van der Waals surface area contributed by atoms with Gasteiger partial charge in [-0.15, -0.1) is 0 Å². The van der Waals surface area contributed by atoms with Crippen molar-refractivity contribution in [2.24, 2.45) is 0 Å². The van der Waals surface area contributed by atoms with Gasteiger partial charge in [-0.3, -0.25) is 0 Å². The first-order chi connectivity index (χ1) is 11.2. The van der Waals surface area contributed by atoms with Crippen molar-refractivity contribution < 1.29 is 0 Å². The van der Waals surface area contributed by atoms with Gasteiger partial charge in [-0.1, -0.05) is 25.5 Å². The Labute approximate surface area is 137 Å². The molecule has 23 heavy (non-hydrogen) atoms. The molecule has 3 rings (SSSR count). The molecule has 0 saturated carbocycles. The number of hydrogen-bond acceptors (Lipinski definition) is 3. The molecule has 0 unspecified atom stereocenters. The molecule has 0 aliphatic heterocycles. The summed E-state index contributed by atoms with van der Waals surface area (Å²) in [6, 6.07) is 14.9. The van der Waals surface area contributed by atoms with Gasteiger partial charge < -0.3 is 5.32 Å². The first-order valence-corrected chi connectivity index (χ1v) is 8.26. The highest BCUT2D eigenvalue weighted by atomic mass is 14.9. The predicted molar refractivity (Wildman–Crippen MR) is 97.3 cm³/mol. The third-order valence-electron chi connectivity index (χ3n) is 3.99. The molecule has 0 fully saturated rings. The van der Waals surface area contributed by atoms with Crippen LogP contribution >= 0.6 is 0 Å². The summed E-state index contributed by atoms with van der Waals surface area (Å²) in [5.74, 6) is 0. The van der Waals surface area contributed by atoms with E-state index in [2.05, 4.69) is 58.6 Å². The number of hydrogen-bond donors (Lipinski definition) is 1. The minimum absolute atomic E-state index is 0.798. The van der Waals surface area contributed by atoms with Crippen LogP contribution in [0.1, 0.15) is 36.7 Å². The molecule has 1 N–H and O–H groups in total. The molecule has 0 aliphatic carbocycles. The summed E-state index contributed by atoms with van der Waals surface area (Å²) in [6.07, 6.45) is 3.62. The second kappa shape index (κ2) is 6.78. The van der Waals surface area contributed by atoms with Crippen LogP contribution in [0, 0.1) is 13.8 Å². The molecule has 118 valence electrons. The van der Waals surface area contributed by atoms with E-state index in [1.807, 2.05) is 19.9 Å². The molecule has 1 aromatic carbocycles. The van der Waals surface area contributed by atoms with Crippen molar-refractivity contribution in [3.05, 3.63) is 59.4 Å². The van der Waals surface area contributed by atoms with Gasteiger partial charge in [-0.05, 0) is 62.6 Å². The van der Waals surface area contributed by atoms with E-state index in [-0.39, 0.29) is 0 Å². The van der Waals surface area contributed by atoms with Crippen molar-refractivity contribution in [2.45, 2.75) is 40.0 Å². The van der Waals surface area contributed by atoms with Crippen LogP contribution in [-0.2, 0) is 6.42 Å². The summed E-state index contributed by atoms with van der Waals surface area (Å²) in [6.45, 7) is 6.22. The third kappa shape index (κ3) is 3.67. The quantitative estimate of drug-likeness (QED) is 0.692. The number of unbranched alkanes of at least 4 members (excludes halogenated alkanes) is 1. The van der Waals surface area contributed by atoms with E-state index >= 15 is 0 Å². The number of benzene rings is 1. The fourth-order valence-electron chi connectivity index (χ4n) is 2.72. The summed E-state index contributed by atoms with van der Waals surface area (Å²) < 4.78 is 0. The number of fused-ring (bicyclic) bond motifs is 1. The van der Waals surface area contributed by atoms with E-state index in [4.69, 9.17) is 0 Å². The highest BCUT2D eigenvalue weighted by molar-refractivity contribution is 5.91. The largest absolute Gasteiger partial charge is 0.355 e. The molecule has 3 heteroatoms. The zero-order chi connectivity index (χ0) is 16.2. The Morgan fingerprint density at radius 3 is 2.39 bits per heavy atom. The molecule has 0 spiro atoms. The molecule has 0 saturated heterocycles. The van der Waals surface area contributed by atoms with Crippen LogP contribution in [0.5, 0.6) is 0 Å². The zero-order valence-corrected chi connectivity index (χ0v) is 14.1. The van der Waals surface area contributed by atoms with Crippen LogP contribution < -0.4 is 5.32 Å². The third-order valence-corrected chi connectivity index (χ3v) is 3.99. The van der Waals surface area contributed by atoms with E-state index in [9.17, 15) is 0 Å². The summed E-state index contributed by atoms with van der Waals surface area (Å²) >= 11 is 0. The van der Waals surface area contributed by atoms with Gasteiger partial charge in [-0.25, -0.2) is 9.97 Å². The molecule has 3 nitrogen and oxygen atoms in total. The normalized spacial score (nSPS) is 10.9. The first-order valence-electron chi connectivity index (χ1n) is 8.26. The van der Waals surface area contributed by atoms with Crippen LogP contribution in [0.15, 0.2) is 42.5 Å². The number of aryl methyl sites for hydroxylation is 3. The second-order valence-corrected chi connectivity index (χ2v) is 6.06. The standard InChI is InChI=1S/C20H23N3/c1-4-5-6-16-8-10-17(11-9-16)23-19-13-15(3)22-20-18(19)12-7-14(2)21-20/h7-13H,4-6H2,1-3H3,(H,21,22,23). The van der Waals surface area contributed by atoms with Crippen LogP contribution in [0.2, 0.25) is 0 Å². The van der Waals surface area contributed by atoms with Gasteiger partial charge in [0.25, 0.3) is 0 Å². The number of pyridine rings is 2. The highest BCUT2D eigenvalue weighted by Crippen LogP contribution is 2.26. The lowest BCUT2D eigenvalue weighted by Crippen LogP contribution is -1.97. The molecule has 0 atom stereocenters. The fourth-order valence-corrected chi connectivity index (χ4v) is 2.72. The monoisotopic (exact) mass is 305 g/mol. The summed E-state index contributed by atoms with van der Waals surface area (Å²) in [5, 5.41) is 4.56. The number of nitrogens with one attached hydrogen (secondary N) is 1. The van der Waals surface area contributed by atoms with Gasteiger partial charge in [0.05, 0.1) is 5.69 Å². The molecule has 3 aromatic rings. The zero-order valence-electron chi connectivity index (χ0n) is 14.1. The Morgan fingerprint density at radius 2 is 1.65 bits per heavy atom. The molecular formula is C20H23N3. The average molecular weight is 305 g/mol. The summed E-state index contributed by atoms with van der Waals surface area (Å²) in [4.78, 5) is 9.07. The van der Waals surface area contributed by atoms with Crippen molar-refractivity contribution >= 4 is 22.4 Å². The number of rotatable bonds is 5. The number of aromatic nitrogens is 2.